The molecule has 3 aromatic rings. The van der Waals surface area contributed by atoms with E-state index in [0.717, 1.165) is 10.8 Å². The number of carbonyl (C=O) groups is 1. The predicted octanol–water partition coefficient (Wildman–Crippen LogP) is 4.37. The van der Waals surface area contributed by atoms with Crippen LogP contribution in [-0.2, 0) is 14.9 Å². The third-order valence-electron chi connectivity index (χ3n) is 3.69. The molecule has 0 bridgehead atoms. The van der Waals surface area contributed by atoms with Crippen LogP contribution >= 0.6 is 12.6 Å². The van der Waals surface area contributed by atoms with Crippen molar-refractivity contribution in [2.24, 2.45) is 10.2 Å². The maximum absolute atomic E-state index is 11.7. The van der Waals surface area contributed by atoms with Crippen LogP contribution < -0.4 is 5.32 Å². The van der Waals surface area contributed by atoms with Gasteiger partial charge in [0, 0.05) is 0 Å². The van der Waals surface area contributed by atoms with E-state index in [1.54, 1.807) is 12.1 Å². The number of azo groups is 1. The fourth-order valence-electron chi connectivity index (χ4n) is 2.40. The van der Waals surface area contributed by atoms with Crippen LogP contribution in [0.2, 0.25) is 0 Å². The van der Waals surface area contributed by atoms with Crippen molar-refractivity contribution in [1.29, 1.82) is 0 Å². The lowest BCUT2D eigenvalue weighted by molar-refractivity contribution is -0.113. The summed E-state index contributed by atoms with van der Waals surface area (Å²) in [5, 5.41) is 12.9. The van der Waals surface area contributed by atoms with Gasteiger partial charge in [-0.2, -0.15) is 26.2 Å². The van der Waals surface area contributed by atoms with Crippen molar-refractivity contribution in [3.05, 3.63) is 60.7 Å². The van der Waals surface area contributed by atoms with Gasteiger partial charge in [0.15, 0.2) is 0 Å². The van der Waals surface area contributed by atoms with E-state index in [9.17, 15) is 13.2 Å². The molecule has 0 saturated carbocycles. The maximum Gasteiger partial charge on any atom is 0.294 e. The lowest BCUT2D eigenvalue weighted by Crippen LogP contribution is -2.12. The Morgan fingerprint density at radius 1 is 1.00 bits per heavy atom. The van der Waals surface area contributed by atoms with Gasteiger partial charge in [0.05, 0.1) is 22.0 Å². The second-order valence-electron chi connectivity index (χ2n) is 5.59. The molecule has 0 aliphatic carbocycles. The highest BCUT2D eigenvalue weighted by molar-refractivity contribution is 7.85. The number of anilines is 1. The summed E-state index contributed by atoms with van der Waals surface area (Å²) in [5.41, 5.74) is 1.33. The van der Waals surface area contributed by atoms with Crippen molar-refractivity contribution in [2.75, 3.05) is 11.1 Å². The van der Waals surface area contributed by atoms with E-state index in [-0.39, 0.29) is 16.6 Å². The minimum Gasteiger partial charge on any atom is -0.323 e. The van der Waals surface area contributed by atoms with Crippen LogP contribution in [0.1, 0.15) is 0 Å². The first kappa shape index (κ1) is 19.0. The summed E-state index contributed by atoms with van der Waals surface area (Å²) in [7, 11) is -4.26. The first-order valence-electron chi connectivity index (χ1n) is 7.79. The normalized spacial score (nSPS) is 11.8. The summed E-state index contributed by atoms with van der Waals surface area (Å²) in [4.78, 5) is 11.5. The largest absolute Gasteiger partial charge is 0.323 e. The number of amides is 1. The molecule has 0 aliphatic heterocycles. The second-order valence-corrected chi connectivity index (χ2v) is 7.33. The number of fused-ring (bicyclic) bond motifs is 1. The SMILES string of the molecule is O=C(CS)Nc1cc2ccccc2cc1N=Nc1ccc(S(=O)(=O)O)cc1. The lowest BCUT2D eigenvalue weighted by Gasteiger charge is -2.08. The van der Waals surface area contributed by atoms with Gasteiger partial charge in [-0.1, -0.05) is 24.3 Å². The summed E-state index contributed by atoms with van der Waals surface area (Å²) >= 11 is 3.96. The van der Waals surface area contributed by atoms with Crippen LogP contribution in [0.3, 0.4) is 0 Å². The molecule has 0 radical (unpaired) electrons. The molecule has 27 heavy (non-hydrogen) atoms. The minimum absolute atomic E-state index is 0.0283. The molecule has 138 valence electrons. The van der Waals surface area contributed by atoms with Crippen molar-refractivity contribution in [2.45, 2.75) is 4.90 Å². The number of benzene rings is 3. The van der Waals surface area contributed by atoms with Crippen LogP contribution in [0.15, 0.2) is 75.8 Å². The fourth-order valence-corrected chi connectivity index (χ4v) is 2.96. The summed E-state index contributed by atoms with van der Waals surface area (Å²) in [6.07, 6.45) is 0. The molecule has 0 unspecified atom stereocenters. The Morgan fingerprint density at radius 2 is 1.63 bits per heavy atom. The van der Waals surface area contributed by atoms with Crippen molar-refractivity contribution in [1.82, 2.24) is 0 Å². The third kappa shape index (κ3) is 4.70. The molecule has 0 aromatic heterocycles. The van der Waals surface area contributed by atoms with E-state index in [1.165, 1.54) is 24.3 Å². The van der Waals surface area contributed by atoms with Gasteiger partial charge in [-0.3, -0.25) is 9.35 Å². The van der Waals surface area contributed by atoms with Crippen molar-refractivity contribution in [3.8, 4) is 0 Å². The van der Waals surface area contributed by atoms with E-state index < -0.39 is 10.1 Å². The molecular weight excluding hydrogens is 386 g/mol. The Balaban J connectivity index is 1.97. The molecule has 9 heteroatoms. The van der Waals surface area contributed by atoms with Crippen LogP contribution in [0.25, 0.3) is 10.8 Å². The van der Waals surface area contributed by atoms with E-state index in [2.05, 4.69) is 28.2 Å². The van der Waals surface area contributed by atoms with Gasteiger partial charge in [-0.25, -0.2) is 0 Å². The Morgan fingerprint density at radius 3 is 2.22 bits per heavy atom. The average molecular weight is 401 g/mol. The fraction of sp³-hybridized carbons (Fsp3) is 0.0556. The number of carbonyl (C=O) groups excluding carboxylic acids is 1. The van der Waals surface area contributed by atoms with Crippen molar-refractivity contribution in [3.63, 3.8) is 0 Å². The van der Waals surface area contributed by atoms with Gasteiger partial charge in [0.1, 0.15) is 5.69 Å². The first-order chi connectivity index (χ1) is 12.9. The van der Waals surface area contributed by atoms with Gasteiger partial charge in [-0.05, 0) is 47.2 Å². The van der Waals surface area contributed by atoms with Crippen molar-refractivity contribution < 1.29 is 17.8 Å². The number of hydrogen-bond donors (Lipinski definition) is 3. The first-order valence-corrected chi connectivity index (χ1v) is 9.87. The number of nitrogens with zero attached hydrogens (tertiary/aromatic N) is 2. The molecule has 0 spiro atoms. The summed E-state index contributed by atoms with van der Waals surface area (Å²) in [5.74, 6) is -0.247. The second kappa shape index (κ2) is 7.87. The molecule has 2 N–H and O–H groups in total. The Kier molecular flexibility index (Phi) is 5.54. The van der Waals surface area contributed by atoms with E-state index in [0.29, 0.717) is 17.1 Å². The quantitative estimate of drug-likeness (QED) is 0.335. The van der Waals surface area contributed by atoms with Crippen LogP contribution in [0.4, 0.5) is 17.1 Å². The van der Waals surface area contributed by atoms with Crippen molar-refractivity contribution >= 4 is 56.5 Å². The smallest absolute Gasteiger partial charge is 0.294 e. The highest BCUT2D eigenvalue weighted by Gasteiger charge is 2.10. The Bertz CT molecular complexity index is 1130. The van der Waals surface area contributed by atoms with Gasteiger partial charge >= 0.3 is 0 Å². The zero-order valence-corrected chi connectivity index (χ0v) is 15.6. The van der Waals surface area contributed by atoms with Crippen LogP contribution in [0.5, 0.6) is 0 Å². The zero-order valence-electron chi connectivity index (χ0n) is 13.9. The minimum atomic E-state index is -4.26. The van der Waals surface area contributed by atoms with Crippen LogP contribution in [0, 0.1) is 0 Å². The van der Waals surface area contributed by atoms with Crippen LogP contribution in [-0.4, -0.2) is 24.6 Å². The highest BCUT2D eigenvalue weighted by atomic mass is 32.2. The number of hydrogen-bond acceptors (Lipinski definition) is 6. The molecule has 3 aromatic carbocycles. The molecule has 0 atom stereocenters. The Labute approximate surface area is 161 Å². The molecule has 1 amide bonds. The molecule has 0 saturated heterocycles. The molecule has 0 fully saturated rings. The van der Waals surface area contributed by atoms with E-state index >= 15 is 0 Å². The van der Waals surface area contributed by atoms with Gasteiger partial charge in [-0.15, -0.1) is 5.11 Å². The Hall–Kier alpha value is -2.75. The number of rotatable bonds is 5. The lowest BCUT2D eigenvalue weighted by atomic mass is 10.1. The standard InChI is InChI=1S/C18H15N3O4S2/c22-18(11-26)19-16-9-12-3-1-2-4-13(12)10-17(16)21-20-14-5-7-15(8-6-14)27(23,24)25/h1-10,26H,11H2,(H,19,22)(H,23,24,25). The molecule has 0 heterocycles. The van der Waals surface area contributed by atoms with Gasteiger partial charge in [0.25, 0.3) is 10.1 Å². The molecule has 0 aliphatic rings. The monoisotopic (exact) mass is 401 g/mol. The highest BCUT2D eigenvalue weighted by Crippen LogP contribution is 2.32. The summed E-state index contributed by atoms with van der Waals surface area (Å²) in [6.45, 7) is 0. The van der Waals surface area contributed by atoms with E-state index in [1.807, 2.05) is 24.3 Å². The van der Waals surface area contributed by atoms with Gasteiger partial charge < -0.3 is 5.32 Å². The topological polar surface area (TPSA) is 108 Å². The predicted molar refractivity (Wildman–Crippen MR) is 107 cm³/mol. The van der Waals surface area contributed by atoms with Gasteiger partial charge in [0.2, 0.25) is 5.91 Å². The van der Waals surface area contributed by atoms with E-state index in [4.69, 9.17) is 4.55 Å². The summed E-state index contributed by atoms with van der Waals surface area (Å²) in [6, 6.07) is 16.5. The number of thiol groups is 1. The maximum atomic E-state index is 11.7. The zero-order chi connectivity index (χ0) is 19.4. The molecular formula is C18H15N3O4S2. The number of nitrogens with one attached hydrogen (secondary N) is 1. The average Bonchev–Trinajstić information content (AvgIpc) is 2.65. The molecule has 3 rings (SSSR count). The summed E-state index contributed by atoms with van der Waals surface area (Å²) < 4.78 is 31.2. The third-order valence-corrected chi connectivity index (χ3v) is 4.84. The molecule has 7 nitrogen and oxygen atoms in total.